The van der Waals surface area contributed by atoms with E-state index < -0.39 is 0 Å². The van der Waals surface area contributed by atoms with E-state index in [9.17, 15) is 5.11 Å². The predicted molar refractivity (Wildman–Crippen MR) is 73.6 cm³/mol. The van der Waals surface area contributed by atoms with Crippen LogP contribution in [-0.2, 0) is 0 Å². The highest BCUT2D eigenvalue weighted by Gasteiger charge is 2.42. The minimum atomic E-state index is -0.303. The summed E-state index contributed by atoms with van der Waals surface area (Å²) in [6, 6.07) is 0. The van der Waals surface area contributed by atoms with Crippen LogP contribution in [0.5, 0.6) is 0 Å². The molecule has 1 saturated carbocycles. The standard InChI is InChI=1S/C15H28N2O/c18-15-6-2-1-3-14(15)12-17(10-7-15)11-13-4-8-16-9-5-13/h13-14,16,18H,1-12H2. The zero-order valence-corrected chi connectivity index (χ0v) is 11.5. The van der Waals surface area contributed by atoms with Gasteiger partial charge >= 0.3 is 0 Å². The van der Waals surface area contributed by atoms with Crippen LogP contribution in [0.3, 0.4) is 0 Å². The Balaban J connectivity index is 1.53. The fourth-order valence-corrected chi connectivity index (χ4v) is 4.23. The van der Waals surface area contributed by atoms with Crippen molar-refractivity contribution < 1.29 is 5.11 Å². The van der Waals surface area contributed by atoms with Gasteiger partial charge in [-0.3, -0.25) is 0 Å². The molecule has 0 spiro atoms. The average molecular weight is 252 g/mol. The van der Waals surface area contributed by atoms with Crippen molar-refractivity contribution in [3.05, 3.63) is 0 Å². The maximum absolute atomic E-state index is 10.7. The third kappa shape index (κ3) is 2.73. The minimum absolute atomic E-state index is 0.303. The maximum Gasteiger partial charge on any atom is 0.0700 e. The van der Waals surface area contributed by atoms with Gasteiger partial charge in [-0.25, -0.2) is 0 Å². The molecule has 3 nitrogen and oxygen atoms in total. The Bertz CT molecular complexity index is 278. The molecule has 2 saturated heterocycles. The third-order valence-electron chi connectivity index (χ3n) is 5.49. The number of hydrogen-bond acceptors (Lipinski definition) is 3. The van der Waals surface area contributed by atoms with Crippen LogP contribution in [-0.4, -0.2) is 48.3 Å². The van der Waals surface area contributed by atoms with Gasteiger partial charge in [0.1, 0.15) is 0 Å². The van der Waals surface area contributed by atoms with Crippen molar-refractivity contribution in [2.75, 3.05) is 32.7 Å². The van der Waals surface area contributed by atoms with Crippen LogP contribution in [0.1, 0.15) is 44.9 Å². The van der Waals surface area contributed by atoms with Gasteiger partial charge in [0.25, 0.3) is 0 Å². The van der Waals surface area contributed by atoms with Crippen LogP contribution in [0.2, 0.25) is 0 Å². The third-order valence-corrected chi connectivity index (χ3v) is 5.49. The molecule has 2 aliphatic heterocycles. The molecule has 1 aliphatic carbocycles. The summed E-state index contributed by atoms with van der Waals surface area (Å²) in [5, 5.41) is 14.1. The van der Waals surface area contributed by atoms with Crippen molar-refractivity contribution in [3.8, 4) is 0 Å². The van der Waals surface area contributed by atoms with Crippen LogP contribution < -0.4 is 5.32 Å². The van der Waals surface area contributed by atoms with Gasteiger partial charge in [0.05, 0.1) is 5.60 Å². The second kappa shape index (κ2) is 5.48. The minimum Gasteiger partial charge on any atom is -0.390 e. The molecule has 0 radical (unpaired) electrons. The highest BCUT2D eigenvalue weighted by Crippen LogP contribution is 2.40. The highest BCUT2D eigenvalue weighted by atomic mass is 16.3. The molecule has 3 heteroatoms. The van der Waals surface area contributed by atoms with E-state index in [0.29, 0.717) is 5.92 Å². The smallest absolute Gasteiger partial charge is 0.0700 e. The largest absolute Gasteiger partial charge is 0.390 e. The van der Waals surface area contributed by atoms with E-state index in [2.05, 4.69) is 10.2 Å². The van der Waals surface area contributed by atoms with Crippen LogP contribution in [0, 0.1) is 11.8 Å². The lowest BCUT2D eigenvalue weighted by Crippen LogP contribution is -2.54. The lowest BCUT2D eigenvalue weighted by Gasteiger charge is -2.48. The molecular weight excluding hydrogens is 224 g/mol. The normalized spacial score (nSPS) is 39.5. The molecule has 2 unspecified atom stereocenters. The van der Waals surface area contributed by atoms with Crippen molar-refractivity contribution in [3.63, 3.8) is 0 Å². The first-order valence-corrected chi connectivity index (χ1v) is 7.92. The SMILES string of the molecule is OC12CCCCC1CN(CC1CCNCC1)CC2. The van der Waals surface area contributed by atoms with Crippen LogP contribution in [0.4, 0.5) is 0 Å². The van der Waals surface area contributed by atoms with E-state index >= 15 is 0 Å². The monoisotopic (exact) mass is 252 g/mol. The number of nitrogens with zero attached hydrogens (tertiary/aromatic N) is 1. The number of hydrogen-bond donors (Lipinski definition) is 2. The summed E-state index contributed by atoms with van der Waals surface area (Å²) in [4.78, 5) is 2.64. The molecule has 2 N–H and O–H groups in total. The average Bonchev–Trinajstić information content (AvgIpc) is 2.40. The molecule has 0 aromatic heterocycles. The highest BCUT2D eigenvalue weighted by molar-refractivity contribution is 4.96. The van der Waals surface area contributed by atoms with Gasteiger partial charge in [-0.15, -0.1) is 0 Å². The molecule has 3 aliphatic rings. The number of rotatable bonds is 2. The first-order chi connectivity index (χ1) is 8.76. The number of nitrogens with one attached hydrogen (secondary N) is 1. The van der Waals surface area contributed by atoms with E-state index in [1.807, 2.05) is 0 Å². The zero-order chi connectivity index (χ0) is 12.4. The molecule has 0 amide bonds. The first-order valence-electron chi connectivity index (χ1n) is 7.92. The summed E-state index contributed by atoms with van der Waals surface area (Å²) in [5.74, 6) is 1.45. The Kier molecular flexibility index (Phi) is 3.92. The Hall–Kier alpha value is -0.120. The molecular formula is C15H28N2O. The predicted octanol–water partition coefficient (Wildman–Crippen LogP) is 1.61. The molecule has 3 rings (SSSR count). The summed E-state index contributed by atoms with van der Waals surface area (Å²) in [7, 11) is 0. The Morgan fingerprint density at radius 2 is 1.94 bits per heavy atom. The van der Waals surface area contributed by atoms with Gasteiger partial charge in [0.2, 0.25) is 0 Å². The first kappa shape index (κ1) is 12.9. The van der Waals surface area contributed by atoms with Crippen LogP contribution >= 0.6 is 0 Å². The van der Waals surface area contributed by atoms with Crippen molar-refractivity contribution in [2.24, 2.45) is 11.8 Å². The molecule has 0 bridgehead atoms. The maximum atomic E-state index is 10.7. The lowest BCUT2D eigenvalue weighted by atomic mass is 9.71. The van der Waals surface area contributed by atoms with Gasteiger partial charge < -0.3 is 15.3 Å². The van der Waals surface area contributed by atoms with Crippen molar-refractivity contribution in [1.82, 2.24) is 10.2 Å². The Morgan fingerprint density at radius 1 is 1.11 bits per heavy atom. The zero-order valence-electron chi connectivity index (χ0n) is 11.5. The molecule has 104 valence electrons. The molecule has 2 heterocycles. The summed E-state index contributed by atoms with van der Waals surface area (Å²) in [5.41, 5.74) is -0.303. The van der Waals surface area contributed by atoms with E-state index in [0.717, 1.165) is 31.8 Å². The van der Waals surface area contributed by atoms with Crippen LogP contribution in [0.25, 0.3) is 0 Å². The molecule has 3 fully saturated rings. The van der Waals surface area contributed by atoms with Gasteiger partial charge in [-0.1, -0.05) is 12.8 Å². The Morgan fingerprint density at radius 3 is 2.78 bits per heavy atom. The molecule has 2 atom stereocenters. The second-order valence-electron chi connectivity index (χ2n) is 6.75. The summed E-state index contributed by atoms with van der Waals surface area (Å²) in [6.07, 6.45) is 8.56. The van der Waals surface area contributed by atoms with E-state index in [4.69, 9.17) is 0 Å². The fraction of sp³-hybridized carbons (Fsp3) is 1.00. The van der Waals surface area contributed by atoms with E-state index in [-0.39, 0.29) is 5.60 Å². The van der Waals surface area contributed by atoms with Gasteiger partial charge in [-0.2, -0.15) is 0 Å². The summed E-state index contributed by atoms with van der Waals surface area (Å²) >= 11 is 0. The fourth-order valence-electron chi connectivity index (χ4n) is 4.23. The summed E-state index contributed by atoms with van der Waals surface area (Å²) in [6.45, 7) is 5.95. The number of fused-ring (bicyclic) bond motifs is 1. The number of piperidine rings is 2. The topological polar surface area (TPSA) is 35.5 Å². The number of aliphatic hydroxyl groups is 1. The quantitative estimate of drug-likeness (QED) is 0.784. The van der Waals surface area contributed by atoms with E-state index in [1.165, 1.54) is 51.7 Å². The van der Waals surface area contributed by atoms with Gasteiger partial charge in [-0.05, 0) is 51.1 Å². The van der Waals surface area contributed by atoms with E-state index in [1.54, 1.807) is 0 Å². The second-order valence-corrected chi connectivity index (χ2v) is 6.75. The summed E-state index contributed by atoms with van der Waals surface area (Å²) < 4.78 is 0. The van der Waals surface area contributed by atoms with Crippen molar-refractivity contribution in [2.45, 2.75) is 50.5 Å². The van der Waals surface area contributed by atoms with Gasteiger partial charge in [0, 0.05) is 25.6 Å². The molecule has 18 heavy (non-hydrogen) atoms. The Labute approximate surface area is 111 Å². The lowest BCUT2D eigenvalue weighted by molar-refractivity contribution is -0.0975. The number of likely N-dealkylation sites (tertiary alicyclic amines) is 1. The van der Waals surface area contributed by atoms with Crippen LogP contribution in [0.15, 0.2) is 0 Å². The van der Waals surface area contributed by atoms with Crippen molar-refractivity contribution in [1.29, 1.82) is 0 Å². The molecule has 0 aromatic rings. The van der Waals surface area contributed by atoms with Gasteiger partial charge in [0.15, 0.2) is 0 Å². The molecule has 0 aromatic carbocycles. The van der Waals surface area contributed by atoms with Crippen molar-refractivity contribution >= 4 is 0 Å².